The van der Waals surface area contributed by atoms with Gasteiger partial charge in [0.1, 0.15) is 5.02 Å². The number of benzene rings is 1. The molecule has 1 aromatic heterocycles. The molecule has 0 amide bonds. The van der Waals surface area contributed by atoms with Gasteiger partial charge in [0.05, 0.1) is 12.0 Å². The molecular weight excluding hydrogens is 314 g/mol. The second-order valence-electron chi connectivity index (χ2n) is 4.25. The average molecular weight is 329 g/mol. The Morgan fingerprint density at radius 1 is 1.43 bits per heavy atom. The minimum Gasteiger partial charge on any atom is -0.464 e. The molecule has 6 N–H and O–H groups in total. The third-order valence-corrected chi connectivity index (χ3v) is 3.84. The Bertz CT molecular complexity index is 732. The molecule has 0 spiro atoms. The third kappa shape index (κ3) is 3.83. The number of hydrogen-bond acceptors (Lipinski definition) is 5. The summed E-state index contributed by atoms with van der Waals surface area (Å²) < 4.78 is 10.5. The summed E-state index contributed by atoms with van der Waals surface area (Å²) in [6, 6.07) is 4.85. The number of rotatable bonds is 5. The van der Waals surface area contributed by atoms with Gasteiger partial charge in [-0.25, -0.2) is 4.79 Å². The molecule has 1 aromatic carbocycles. The van der Waals surface area contributed by atoms with Gasteiger partial charge in [0.15, 0.2) is 0 Å². The van der Waals surface area contributed by atoms with Gasteiger partial charge in [-0.2, -0.15) is 0 Å². The SMILES string of the molecule is NC(=[NH2+])SCCCOc1oc(=O)c2cc(N)ccc2c1Cl. The van der Waals surface area contributed by atoms with E-state index in [1.54, 1.807) is 12.1 Å². The van der Waals surface area contributed by atoms with Crippen LogP contribution >= 0.6 is 23.4 Å². The van der Waals surface area contributed by atoms with Gasteiger partial charge >= 0.3 is 11.6 Å². The van der Waals surface area contributed by atoms with Crippen LogP contribution in [0.5, 0.6) is 5.95 Å². The van der Waals surface area contributed by atoms with Gasteiger partial charge < -0.3 is 14.9 Å². The summed E-state index contributed by atoms with van der Waals surface area (Å²) in [6.07, 6.45) is 0.683. The molecule has 0 unspecified atom stereocenters. The van der Waals surface area contributed by atoms with Crippen LogP contribution in [-0.2, 0) is 0 Å². The van der Waals surface area contributed by atoms with E-state index in [0.29, 0.717) is 40.4 Å². The van der Waals surface area contributed by atoms with Crippen molar-refractivity contribution in [2.75, 3.05) is 18.1 Å². The van der Waals surface area contributed by atoms with Crippen molar-refractivity contribution in [3.8, 4) is 5.95 Å². The number of hydrogen-bond donors (Lipinski definition) is 3. The molecule has 2 aromatic rings. The first-order valence-corrected chi connectivity index (χ1v) is 7.50. The lowest BCUT2D eigenvalue weighted by Crippen LogP contribution is -2.43. The summed E-state index contributed by atoms with van der Waals surface area (Å²) in [6.45, 7) is 0.337. The van der Waals surface area contributed by atoms with Gasteiger partial charge in [-0.1, -0.05) is 17.7 Å². The topological polar surface area (TPSA) is 117 Å². The minimum absolute atomic E-state index is 0.00800. The third-order valence-electron chi connectivity index (χ3n) is 2.66. The van der Waals surface area contributed by atoms with Crippen LogP contribution < -0.4 is 27.2 Å². The number of ether oxygens (including phenoxy) is 1. The van der Waals surface area contributed by atoms with E-state index in [1.807, 2.05) is 0 Å². The van der Waals surface area contributed by atoms with Crippen LogP contribution in [-0.4, -0.2) is 17.5 Å². The molecule has 0 atom stereocenters. The zero-order valence-corrected chi connectivity index (χ0v) is 12.7. The van der Waals surface area contributed by atoms with E-state index < -0.39 is 5.63 Å². The highest BCUT2D eigenvalue weighted by Gasteiger charge is 2.13. The molecule has 0 fully saturated rings. The minimum atomic E-state index is -0.536. The van der Waals surface area contributed by atoms with Gasteiger partial charge in [0.25, 0.3) is 5.17 Å². The van der Waals surface area contributed by atoms with Crippen molar-refractivity contribution in [3.05, 3.63) is 33.6 Å². The van der Waals surface area contributed by atoms with E-state index in [1.165, 1.54) is 17.8 Å². The van der Waals surface area contributed by atoms with E-state index in [9.17, 15) is 4.79 Å². The zero-order chi connectivity index (χ0) is 15.4. The Morgan fingerprint density at radius 2 is 2.19 bits per heavy atom. The lowest BCUT2D eigenvalue weighted by atomic mass is 10.1. The first-order chi connectivity index (χ1) is 9.99. The molecule has 0 saturated heterocycles. The predicted octanol–water partition coefficient (Wildman–Crippen LogP) is 0.605. The Kier molecular flexibility index (Phi) is 4.98. The second-order valence-corrected chi connectivity index (χ2v) is 5.80. The van der Waals surface area contributed by atoms with Crippen molar-refractivity contribution >= 4 is 45.0 Å². The summed E-state index contributed by atoms with van der Waals surface area (Å²) in [5, 5.41) is 6.76. The molecule has 6 nitrogen and oxygen atoms in total. The Balaban J connectivity index is 2.14. The number of amidine groups is 1. The molecule has 0 aliphatic carbocycles. The Labute approximate surface area is 129 Å². The van der Waals surface area contributed by atoms with E-state index in [-0.39, 0.29) is 11.0 Å². The average Bonchev–Trinajstić information content (AvgIpc) is 2.43. The Hall–Kier alpha value is -1.86. The molecule has 0 aliphatic heterocycles. The van der Waals surface area contributed by atoms with Crippen LogP contribution in [0.2, 0.25) is 5.02 Å². The summed E-state index contributed by atoms with van der Waals surface area (Å²) in [5.74, 6) is 0.711. The van der Waals surface area contributed by atoms with E-state index in [2.05, 4.69) is 0 Å². The molecule has 0 radical (unpaired) electrons. The monoisotopic (exact) mass is 328 g/mol. The summed E-state index contributed by atoms with van der Waals surface area (Å²) in [4.78, 5) is 11.9. The zero-order valence-electron chi connectivity index (χ0n) is 11.1. The molecule has 8 heteroatoms. The number of nitrogens with two attached hydrogens (primary N) is 3. The highest BCUT2D eigenvalue weighted by molar-refractivity contribution is 8.13. The summed E-state index contributed by atoms with van der Waals surface area (Å²) in [5.41, 5.74) is 10.9. The lowest BCUT2D eigenvalue weighted by Gasteiger charge is -2.08. The summed E-state index contributed by atoms with van der Waals surface area (Å²) >= 11 is 7.51. The van der Waals surface area contributed by atoms with Gasteiger partial charge in [-0.05, 0) is 30.3 Å². The molecule has 2 rings (SSSR count). The highest BCUT2D eigenvalue weighted by atomic mass is 35.5. The van der Waals surface area contributed by atoms with Crippen LogP contribution in [0.15, 0.2) is 27.4 Å². The number of halogens is 1. The van der Waals surface area contributed by atoms with Crippen molar-refractivity contribution in [1.82, 2.24) is 0 Å². The molecule has 112 valence electrons. The first kappa shape index (κ1) is 15.5. The quantitative estimate of drug-likeness (QED) is 0.320. The van der Waals surface area contributed by atoms with Crippen LogP contribution in [0, 0.1) is 0 Å². The van der Waals surface area contributed by atoms with Gasteiger partial charge in [-0.15, -0.1) is 0 Å². The molecule has 0 aliphatic rings. The first-order valence-electron chi connectivity index (χ1n) is 6.14. The molecular formula is C13H15ClN3O3S+. The van der Waals surface area contributed by atoms with Crippen molar-refractivity contribution in [2.24, 2.45) is 5.73 Å². The van der Waals surface area contributed by atoms with Gasteiger partial charge in [0, 0.05) is 16.8 Å². The Morgan fingerprint density at radius 3 is 2.90 bits per heavy atom. The number of fused-ring (bicyclic) bond motifs is 1. The van der Waals surface area contributed by atoms with E-state index in [4.69, 9.17) is 37.6 Å². The maximum atomic E-state index is 11.9. The van der Waals surface area contributed by atoms with Crippen LogP contribution in [0.25, 0.3) is 10.8 Å². The molecule has 0 bridgehead atoms. The smallest absolute Gasteiger partial charge is 0.346 e. The van der Waals surface area contributed by atoms with E-state index in [0.717, 1.165) is 0 Å². The van der Waals surface area contributed by atoms with Crippen LogP contribution in [0.3, 0.4) is 0 Å². The van der Waals surface area contributed by atoms with Crippen molar-refractivity contribution in [3.63, 3.8) is 0 Å². The lowest BCUT2D eigenvalue weighted by molar-refractivity contribution is -0.110. The molecule has 0 saturated carbocycles. The summed E-state index contributed by atoms with van der Waals surface area (Å²) in [7, 11) is 0. The highest BCUT2D eigenvalue weighted by Crippen LogP contribution is 2.31. The fourth-order valence-corrected chi connectivity index (χ4v) is 2.48. The van der Waals surface area contributed by atoms with Crippen LogP contribution in [0.4, 0.5) is 5.69 Å². The van der Waals surface area contributed by atoms with E-state index >= 15 is 0 Å². The van der Waals surface area contributed by atoms with Crippen molar-refractivity contribution in [1.29, 1.82) is 0 Å². The fraction of sp³-hybridized carbons (Fsp3) is 0.231. The van der Waals surface area contributed by atoms with Gasteiger partial charge in [0.2, 0.25) is 0 Å². The second kappa shape index (κ2) is 6.73. The van der Waals surface area contributed by atoms with Crippen molar-refractivity contribution < 1.29 is 14.6 Å². The number of nitrogen functional groups attached to an aromatic ring is 1. The largest absolute Gasteiger partial charge is 0.464 e. The van der Waals surface area contributed by atoms with Gasteiger partial charge in [-0.3, -0.25) is 11.1 Å². The predicted molar refractivity (Wildman–Crippen MR) is 85.6 cm³/mol. The number of anilines is 1. The van der Waals surface area contributed by atoms with Crippen LogP contribution in [0.1, 0.15) is 6.42 Å². The standard InChI is InChI=1S/C13H14ClN3O3S/c14-10-8-3-2-7(15)6-9(8)11(18)20-12(10)19-4-1-5-21-13(16)17/h2-3,6H,1,4-5,15H2,(H3,16,17)/p+1. The maximum absolute atomic E-state index is 11.9. The molecule has 1 heterocycles. The maximum Gasteiger partial charge on any atom is 0.346 e. The number of thioether (sulfide) groups is 1. The normalized spacial score (nSPS) is 10.7. The fourth-order valence-electron chi connectivity index (χ4n) is 1.72. The van der Waals surface area contributed by atoms with Crippen molar-refractivity contribution in [2.45, 2.75) is 6.42 Å². The molecule has 21 heavy (non-hydrogen) atoms.